The number of nitrogens with zero attached hydrogens (tertiary/aromatic N) is 1. The number of hydrogen-bond acceptors (Lipinski definition) is 24. The Hall–Kier alpha value is -4.28. The maximum atomic E-state index is 13.3. The number of para-hydroxylation sites is 1. The Kier molecular flexibility index (Phi) is 60.8. The highest BCUT2D eigenvalue weighted by molar-refractivity contribution is 7.78. The number of benzene rings is 1. The van der Waals surface area contributed by atoms with Gasteiger partial charge in [0, 0.05) is 62.6 Å². The van der Waals surface area contributed by atoms with Gasteiger partial charge in [0.25, 0.3) is 0 Å². The predicted octanol–water partition coefficient (Wildman–Crippen LogP) is 2.70. The van der Waals surface area contributed by atoms with Crippen molar-refractivity contribution in [1.82, 2.24) is 26.3 Å². The van der Waals surface area contributed by atoms with Gasteiger partial charge in [0.05, 0.1) is 243 Å². The number of aliphatic imine (C=N–C) groups is 1. The van der Waals surface area contributed by atoms with Gasteiger partial charge in [-0.05, 0) is 62.9 Å². The van der Waals surface area contributed by atoms with Gasteiger partial charge in [-0.15, -0.1) is 0 Å². The van der Waals surface area contributed by atoms with Gasteiger partial charge in [0.2, 0.25) is 23.6 Å². The molecule has 0 saturated carbocycles. The molecule has 29 heteroatoms. The second kappa shape index (κ2) is 66.7. The van der Waals surface area contributed by atoms with Crippen LogP contribution in [0.5, 0.6) is 0 Å². The number of thiocarbonyl (C=S) groups is 1. The van der Waals surface area contributed by atoms with Crippen molar-refractivity contribution in [3.8, 4) is 0 Å². The minimum absolute atomic E-state index is 0.107. The SMILES string of the molecule is CCOCCOCCOCCOCCOCCOCCNC(=O)CCOCCOCCOCCOCCOCCOCCOCCOCCNC(=O)C(CCCCNC(=O)CCOCCOCCOCCOCCN=C=S)NC(=O)CCCc1c[nH]c2ccccc12. The quantitative estimate of drug-likeness (QED) is 0.0361. The molecule has 0 radical (unpaired) electrons. The van der Waals surface area contributed by atoms with Crippen LogP contribution in [0.2, 0.25) is 0 Å². The van der Waals surface area contributed by atoms with Crippen LogP contribution in [0.4, 0.5) is 0 Å². The van der Waals surface area contributed by atoms with Crippen molar-refractivity contribution in [2.24, 2.45) is 4.99 Å². The van der Waals surface area contributed by atoms with Gasteiger partial charge < -0.3 is 112 Å². The summed E-state index contributed by atoms with van der Waals surface area (Å²) < 4.78 is 98.7. The first kappa shape index (κ1) is 83.8. The van der Waals surface area contributed by atoms with Crippen molar-refractivity contribution in [2.75, 3.05) is 264 Å². The van der Waals surface area contributed by atoms with Gasteiger partial charge in [0.1, 0.15) is 6.04 Å². The summed E-state index contributed by atoms with van der Waals surface area (Å²) in [6.07, 6.45) is 5.71. The summed E-state index contributed by atoms with van der Waals surface area (Å²) in [6, 6.07) is 7.32. The van der Waals surface area contributed by atoms with E-state index in [0.717, 1.165) is 22.9 Å². The number of H-pyrrole nitrogens is 1. The average Bonchev–Trinajstić information content (AvgIpc) is 2.33. The van der Waals surface area contributed by atoms with E-state index in [-0.39, 0.29) is 62.6 Å². The fourth-order valence-electron chi connectivity index (χ4n) is 7.96. The number of rotatable bonds is 72. The van der Waals surface area contributed by atoms with Crippen LogP contribution >= 0.6 is 12.2 Å². The number of amides is 4. The van der Waals surface area contributed by atoms with Crippen molar-refractivity contribution < 1.29 is 104 Å². The molecule has 4 amide bonds. The van der Waals surface area contributed by atoms with Crippen LogP contribution in [0.1, 0.15) is 57.4 Å². The van der Waals surface area contributed by atoms with Gasteiger partial charge in [-0.3, -0.25) is 19.2 Å². The van der Waals surface area contributed by atoms with Gasteiger partial charge in [-0.1, -0.05) is 18.2 Å². The number of carbonyl (C=O) groups is 4. The van der Waals surface area contributed by atoms with E-state index in [4.69, 9.17) is 85.3 Å². The molecule has 92 heavy (non-hydrogen) atoms. The van der Waals surface area contributed by atoms with E-state index < -0.39 is 6.04 Å². The molecule has 0 spiro atoms. The first-order chi connectivity index (χ1) is 45.4. The lowest BCUT2D eigenvalue weighted by Crippen LogP contribution is -2.47. The lowest BCUT2D eigenvalue weighted by Gasteiger charge is -2.19. The molecule has 5 N–H and O–H groups in total. The largest absolute Gasteiger partial charge is 0.379 e. The number of aryl methyl sites for hydroxylation is 1. The fraction of sp³-hybridized carbons (Fsp3) is 0.794. The zero-order valence-corrected chi connectivity index (χ0v) is 55.6. The molecule has 1 aromatic carbocycles. The first-order valence-electron chi connectivity index (χ1n) is 32.5. The standard InChI is InChI=1S/C63H110N6O22S/c1-2-74-24-25-80-36-37-86-46-47-88-44-41-84-34-29-78-22-17-66-61(71)14-20-76-27-32-82-39-43-87-48-50-90-52-53-91-51-49-89-45-42-85-35-30-79-23-18-67-63(73)59(69-62(72)12-7-8-56-54-68-58-10-4-3-9-57(56)58)11-5-6-15-65-60(70)13-19-75-26-31-81-38-40-83-33-28-77-21-16-64-55-92/h3-4,9-10,54,59,68H,2,5-8,11-53H2,1H3,(H,65,70)(H,66,71)(H,67,73)(H,69,72). The Morgan fingerprint density at radius 2 is 0.793 bits per heavy atom. The lowest BCUT2D eigenvalue weighted by atomic mass is 10.1. The van der Waals surface area contributed by atoms with E-state index in [1.54, 1.807) is 0 Å². The first-order valence-corrected chi connectivity index (χ1v) is 32.9. The highest BCUT2D eigenvalue weighted by Gasteiger charge is 2.20. The number of nitrogens with one attached hydrogen (secondary N) is 5. The minimum Gasteiger partial charge on any atom is -0.379 e. The number of carbonyl (C=O) groups excluding carboxylic acids is 4. The number of unbranched alkanes of at least 4 members (excludes halogenated alkanes) is 1. The zero-order valence-electron chi connectivity index (χ0n) is 54.7. The molecule has 0 bridgehead atoms. The summed E-state index contributed by atoms with van der Waals surface area (Å²) >= 11 is 4.50. The van der Waals surface area contributed by atoms with Gasteiger partial charge in [0.15, 0.2) is 0 Å². The number of hydrogen-bond donors (Lipinski definition) is 5. The molecule has 1 heterocycles. The topological polar surface area (TPSA) is 311 Å². The zero-order chi connectivity index (χ0) is 65.8. The van der Waals surface area contributed by atoms with Gasteiger partial charge >= 0.3 is 0 Å². The molecule has 2 rings (SSSR count). The third kappa shape index (κ3) is 55.0. The Labute approximate surface area is 550 Å². The molecule has 1 unspecified atom stereocenters. The van der Waals surface area contributed by atoms with E-state index >= 15 is 0 Å². The summed E-state index contributed by atoms with van der Waals surface area (Å²) in [4.78, 5) is 57.9. The molecule has 0 aliphatic carbocycles. The minimum atomic E-state index is -0.735. The Morgan fingerprint density at radius 1 is 0.424 bits per heavy atom. The molecular weight excluding hydrogens is 1220 g/mol. The monoisotopic (exact) mass is 1330 g/mol. The summed E-state index contributed by atoms with van der Waals surface area (Å²) in [6.45, 7) is 19.2. The Balaban J connectivity index is 1.36. The maximum Gasteiger partial charge on any atom is 0.242 e. The molecule has 1 aromatic heterocycles. The number of aromatic amines is 1. The maximum absolute atomic E-state index is 13.3. The second-order valence-electron chi connectivity index (χ2n) is 19.9. The average molecular weight is 1340 g/mol. The summed E-state index contributed by atoms with van der Waals surface area (Å²) in [5.41, 5.74) is 2.20. The van der Waals surface area contributed by atoms with Crippen LogP contribution in [0.3, 0.4) is 0 Å². The summed E-state index contributed by atoms with van der Waals surface area (Å²) in [7, 11) is 0. The third-order valence-electron chi connectivity index (χ3n) is 12.7. The van der Waals surface area contributed by atoms with E-state index in [0.29, 0.717) is 270 Å². The van der Waals surface area contributed by atoms with Crippen LogP contribution in [0.15, 0.2) is 35.5 Å². The van der Waals surface area contributed by atoms with Crippen LogP contribution < -0.4 is 21.3 Å². The van der Waals surface area contributed by atoms with E-state index in [1.807, 2.05) is 31.3 Å². The second-order valence-corrected chi connectivity index (χ2v) is 20.1. The number of ether oxygens (including phenoxy) is 18. The van der Waals surface area contributed by atoms with Gasteiger partial charge in [-0.2, -0.15) is 0 Å². The lowest BCUT2D eigenvalue weighted by molar-refractivity contribution is -0.129. The normalized spacial score (nSPS) is 11.7. The smallest absolute Gasteiger partial charge is 0.242 e. The molecule has 530 valence electrons. The van der Waals surface area contributed by atoms with Crippen LogP contribution in [0, 0.1) is 0 Å². The van der Waals surface area contributed by atoms with Crippen molar-refractivity contribution in [3.63, 3.8) is 0 Å². The van der Waals surface area contributed by atoms with E-state index in [2.05, 4.69) is 54.7 Å². The van der Waals surface area contributed by atoms with Crippen molar-refractivity contribution in [2.45, 2.75) is 64.3 Å². The number of aromatic nitrogens is 1. The van der Waals surface area contributed by atoms with Crippen LogP contribution in [0.25, 0.3) is 10.9 Å². The molecule has 2 aromatic rings. The van der Waals surface area contributed by atoms with Crippen molar-refractivity contribution >= 4 is 51.9 Å². The molecule has 28 nitrogen and oxygen atoms in total. The molecule has 0 saturated heterocycles. The molecular formula is C63H110N6O22S. The summed E-state index contributed by atoms with van der Waals surface area (Å²) in [5, 5.41) is 14.9. The number of fused-ring (bicyclic) bond motifs is 1. The molecule has 0 aliphatic heterocycles. The van der Waals surface area contributed by atoms with Gasteiger partial charge in [-0.25, -0.2) is 4.99 Å². The fourth-order valence-corrected chi connectivity index (χ4v) is 8.05. The third-order valence-corrected chi connectivity index (χ3v) is 12.8. The highest BCUT2D eigenvalue weighted by Crippen LogP contribution is 2.19. The van der Waals surface area contributed by atoms with Crippen LogP contribution in [-0.4, -0.2) is 304 Å². The van der Waals surface area contributed by atoms with E-state index in [9.17, 15) is 19.2 Å². The van der Waals surface area contributed by atoms with E-state index in [1.165, 1.54) is 0 Å². The molecule has 1 atom stereocenters. The molecule has 0 aliphatic rings. The van der Waals surface area contributed by atoms with Crippen LogP contribution in [-0.2, 0) is 111 Å². The van der Waals surface area contributed by atoms with Crippen molar-refractivity contribution in [3.05, 3.63) is 36.0 Å². The Bertz CT molecular complexity index is 2070. The summed E-state index contributed by atoms with van der Waals surface area (Å²) in [5.74, 6) is -0.727. The van der Waals surface area contributed by atoms with Crippen molar-refractivity contribution in [1.29, 1.82) is 0 Å². The predicted molar refractivity (Wildman–Crippen MR) is 346 cm³/mol. The highest BCUT2D eigenvalue weighted by atomic mass is 32.1. The Morgan fingerprint density at radius 3 is 1.22 bits per heavy atom. The molecule has 0 fully saturated rings. The number of isothiocyanates is 1.